The highest BCUT2D eigenvalue weighted by molar-refractivity contribution is 5.68. The van der Waals surface area contributed by atoms with Crippen molar-refractivity contribution in [2.24, 2.45) is 0 Å². The predicted molar refractivity (Wildman–Crippen MR) is 97.5 cm³/mol. The first-order chi connectivity index (χ1) is 12.3. The first kappa shape index (κ1) is 17.6. The maximum absolute atomic E-state index is 11.9. The lowest BCUT2D eigenvalue weighted by Gasteiger charge is -2.42. The van der Waals surface area contributed by atoms with E-state index in [0.717, 1.165) is 44.3 Å². The van der Waals surface area contributed by atoms with Crippen LogP contribution in [0.15, 0.2) is 0 Å². The van der Waals surface area contributed by atoms with Crippen molar-refractivity contribution in [2.75, 3.05) is 39.5 Å². The summed E-state index contributed by atoms with van der Waals surface area (Å²) in [6.07, 6.45) is 9.08. The van der Waals surface area contributed by atoms with Crippen molar-refractivity contribution in [1.29, 1.82) is 0 Å². The molecule has 3 heterocycles. The number of carbonyl (C=O) groups excluding carboxylic acids is 1. The van der Waals surface area contributed by atoms with Crippen LogP contribution in [0, 0.1) is 0 Å². The molecule has 0 radical (unpaired) electrons. The average Bonchev–Trinajstić information content (AvgIpc) is 3.30. The van der Waals surface area contributed by atoms with E-state index in [-0.39, 0.29) is 6.09 Å². The minimum Gasteiger partial charge on any atom is -0.450 e. The van der Waals surface area contributed by atoms with Gasteiger partial charge in [-0.25, -0.2) is 4.79 Å². The van der Waals surface area contributed by atoms with Crippen molar-refractivity contribution < 1.29 is 9.53 Å². The summed E-state index contributed by atoms with van der Waals surface area (Å²) in [4.78, 5) is 19.2. The van der Waals surface area contributed by atoms with Gasteiger partial charge in [-0.15, -0.1) is 0 Å². The standard InChI is InChI=1S/C19H34N4O2/c1-2-25-19(24)22-12-9-16(13-22)21-10-7-15(8-11-21)23-14-20-17-5-3-4-6-18(17)23/h15-18,20H,2-14H2,1H3/t16?,17-,18+/m1/s1. The van der Waals surface area contributed by atoms with E-state index in [2.05, 4.69) is 15.1 Å². The number of amides is 1. The normalized spacial score (nSPS) is 35.1. The Morgan fingerprint density at radius 3 is 2.60 bits per heavy atom. The smallest absolute Gasteiger partial charge is 0.409 e. The topological polar surface area (TPSA) is 48.1 Å². The van der Waals surface area contributed by atoms with E-state index >= 15 is 0 Å². The highest BCUT2D eigenvalue weighted by atomic mass is 16.6. The molecule has 0 aromatic heterocycles. The molecule has 3 aliphatic heterocycles. The third-order valence-corrected chi connectivity index (χ3v) is 6.87. The molecule has 1 N–H and O–H groups in total. The number of nitrogens with one attached hydrogen (secondary N) is 1. The molecule has 3 saturated heterocycles. The van der Waals surface area contributed by atoms with Gasteiger partial charge in [-0.3, -0.25) is 15.1 Å². The Balaban J connectivity index is 1.26. The van der Waals surface area contributed by atoms with E-state index in [1.807, 2.05) is 11.8 Å². The molecule has 1 unspecified atom stereocenters. The minimum absolute atomic E-state index is 0.133. The second kappa shape index (κ2) is 7.80. The van der Waals surface area contributed by atoms with Gasteiger partial charge in [0.2, 0.25) is 0 Å². The van der Waals surface area contributed by atoms with Gasteiger partial charge >= 0.3 is 6.09 Å². The van der Waals surface area contributed by atoms with E-state index in [9.17, 15) is 4.79 Å². The van der Waals surface area contributed by atoms with Gasteiger partial charge in [0.25, 0.3) is 0 Å². The van der Waals surface area contributed by atoms with Crippen LogP contribution in [0.4, 0.5) is 4.79 Å². The second-order valence-electron chi connectivity index (χ2n) is 8.19. The fraction of sp³-hybridized carbons (Fsp3) is 0.947. The second-order valence-corrected chi connectivity index (χ2v) is 8.19. The Morgan fingerprint density at radius 2 is 1.80 bits per heavy atom. The Morgan fingerprint density at radius 1 is 1.04 bits per heavy atom. The molecular formula is C19H34N4O2. The van der Waals surface area contributed by atoms with Gasteiger partial charge in [0, 0.05) is 43.9 Å². The number of carbonyl (C=O) groups is 1. The highest BCUT2D eigenvalue weighted by Crippen LogP contribution is 2.32. The fourth-order valence-electron chi connectivity index (χ4n) is 5.49. The summed E-state index contributed by atoms with van der Waals surface area (Å²) in [5.74, 6) is 0. The predicted octanol–water partition coefficient (Wildman–Crippen LogP) is 1.86. The van der Waals surface area contributed by atoms with E-state index < -0.39 is 0 Å². The molecule has 0 spiro atoms. The number of likely N-dealkylation sites (tertiary alicyclic amines) is 2. The van der Waals surface area contributed by atoms with Crippen molar-refractivity contribution >= 4 is 6.09 Å². The zero-order valence-corrected chi connectivity index (χ0v) is 15.7. The number of piperidine rings is 1. The van der Waals surface area contributed by atoms with E-state index in [0.29, 0.717) is 12.6 Å². The molecule has 142 valence electrons. The molecule has 4 aliphatic rings. The van der Waals surface area contributed by atoms with Gasteiger partial charge in [-0.05, 0) is 52.1 Å². The number of hydrogen-bond acceptors (Lipinski definition) is 5. The van der Waals surface area contributed by atoms with Gasteiger partial charge in [-0.1, -0.05) is 12.8 Å². The monoisotopic (exact) mass is 350 g/mol. The summed E-state index contributed by atoms with van der Waals surface area (Å²) in [6.45, 7) is 7.50. The molecule has 1 amide bonds. The number of nitrogens with zero attached hydrogens (tertiary/aromatic N) is 3. The van der Waals surface area contributed by atoms with Crippen molar-refractivity contribution in [3.05, 3.63) is 0 Å². The first-order valence-corrected chi connectivity index (χ1v) is 10.4. The highest BCUT2D eigenvalue weighted by Gasteiger charge is 2.40. The molecule has 0 bridgehead atoms. The molecule has 1 aliphatic carbocycles. The lowest BCUT2D eigenvalue weighted by molar-refractivity contribution is 0.0668. The van der Waals surface area contributed by atoms with Gasteiger partial charge in [0.05, 0.1) is 6.61 Å². The van der Waals surface area contributed by atoms with Gasteiger partial charge in [-0.2, -0.15) is 0 Å². The van der Waals surface area contributed by atoms with Crippen LogP contribution in [-0.4, -0.2) is 84.4 Å². The first-order valence-electron chi connectivity index (χ1n) is 10.4. The van der Waals surface area contributed by atoms with Gasteiger partial charge in [0.15, 0.2) is 0 Å². The number of rotatable bonds is 3. The Bertz CT molecular complexity index is 466. The summed E-state index contributed by atoms with van der Waals surface area (Å²) in [5, 5.41) is 3.76. The number of hydrogen-bond donors (Lipinski definition) is 1. The molecule has 6 heteroatoms. The molecule has 1 saturated carbocycles. The van der Waals surface area contributed by atoms with E-state index in [1.165, 1.54) is 51.6 Å². The maximum atomic E-state index is 11.9. The van der Waals surface area contributed by atoms with Crippen LogP contribution in [0.3, 0.4) is 0 Å². The van der Waals surface area contributed by atoms with Crippen LogP contribution in [0.1, 0.15) is 51.9 Å². The Kier molecular flexibility index (Phi) is 5.48. The van der Waals surface area contributed by atoms with Crippen LogP contribution < -0.4 is 5.32 Å². The Labute approximate surface area is 151 Å². The molecule has 3 atom stereocenters. The summed E-state index contributed by atoms with van der Waals surface area (Å²) in [7, 11) is 0. The van der Waals surface area contributed by atoms with Crippen LogP contribution >= 0.6 is 0 Å². The lowest BCUT2D eigenvalue weighted by Crippen LogP contribution is -2.51. The molecule has 4 fully saturated rings. The third kappa shape index (κ3) is 3.67. The lowest BCUT2D eigenvalue weighted by atomic mass is 9.89. The zero-order chi connectivity index (χ0) is 17.2. The summed E-state index contributed by atoms with van der Waals surface area (Å²) in [6, 6.07) is 2.82. The van der Waals surface area contributed by atoms with Gasteiger partial charge in [0.1, 0.15) is 0 Å². The maximum Gasteiger partial charge on any atom is 0.409 e. The molecular weight excluding hydrogens is 316 g/mol. The quantitative estimate of drug-likeness (QED) is 0.842. The van der Waals surface area contributed by atoms with Crippen LogP contribution in [0.5, 0.6) is 0 Å². The van der Waals surface area contributed by atoms with Gasteiger partial charge < -0.3 is 9.64 Å². The largest absolute Gasteiger partial charge is 0.450 e. The average molecular weight is 351 g/mol. The minimum atomic E-state index is -0.133. The molecule has 0 aromatic carbocycles. The summed E-state index contributed by atoms with van der Waals surface area (Å²) in [5.41, 5.74) is 0. The van der Waals surface area contributed by atoms with Crippen LogP contribution in [0.25, 0.3) is 0 Å². The molecule has 4 rings (SSSR count). The number of ether oxygens (including phenoxy) is 1. The number of fused-ring (bicyclic) bond motifs is 1. The van der Waals surface area contributed by atoms with Crippen molar-refractivity contribution in [3.8, 4) is 0 Å². The summed E-state index contributed by atoms with van der Waals surface area (Å²) < 4.78 is 5.15. The van der Waals surface area contributed by atoms with E-state index in [1.54, 1.807) is 0 Å². The van der Waals surface area contributed by atoms with Crippen molar-refractivity contribution in [3.63, 3.8) is 0 Å². The zero-order valence-electron chi connectivity index (χ0n) is 15.7. The Hall–Kier alpha value is -0.850. The van der Waals surface area contributed by atoms with Crippen molar-refractivity contribution in [2.45, 2.75) is 76.0 Å². The molecule has 6 nitrogen and oxygen atoms in total. The molecule has 25 heavy (non-hydrogen) atoms. The van der Waals surface area contributed by atoms with Crippen molar-refractivity contribution in [1.82, 2.24) is 20.0 Å². The summed E-state index contributed by atoms with van der Waals surface area (Å²) >= 11 is 0. The van der Waals surface area contributed by atoms with E-state index in [4.69, 9.17) is 4.74 Å². The van der Waals surface area contributed by atoms with Crippen LogP contribution in [-0.2, 0) is 4.74 Å². The fourth-order valence-corrected chi connectivity index (χ4v) is 5.49. The SMILES string of the molecule is CCOC(=O)N1CCC(N2CCC(N3CN[C@@H]4CCCC[C@@H]43)CC2)C1. The van der Waals surface area contributed by atoms with Crippen LogP contribution in [0.2, 0.25) is 0 Å². The molecule has 0 aromatic rings. The third-order valence-electron chi connectivity index (χ3n) is 6.87.